The van der Waals surface area contributed by atoms with Crippen LogP contribution in [-0.4, -0.2) is 11.2 Å². The molecule has 3 aromatic rings. The fourth-order valence-corrected chi connectivity index (χ4v) is 3.33. The molecular formula is C25H28N2. The molecule has 0 bridgehead atoms. The van der Waals surface area contributed by atoms with Gasteiger partial charge in [-0.3, -0.25) is 4.99 Å². The average Bonchev–Trinajstić information content (AvgIpc) is 2.66. The molecule has 0 atom stereocenters. The van der Waals surface area contributed by atoms with E-state index in [0.29, 0.717) is 11.8 Å². The van der Waals surface area contributed by atoms with Crippen LogP contribution in [0.15, 0.2) is 65.7 Å². The van der Waals surface area contributed by atoms with Crippen LogP contribution in [0.5, 0.6) is 0 Å². The highest BCUT2D eigenvalue weighted by molar-refractivity contribution is 5.82. The Bertz CT molecular complexity index is 926. The van der Waals surface area contributed by atoms with Crippen LogP contribution in [0.3, 0.4) is 0 Å². The second-order valence-electron chi connectivity index (χ2n) is 7.62. The van der Waals surface area contributed by atoms with E-state index < -0.39 is 0 Å². The Hall–Kier alpha value is -2.74. The Balaban J connectivity index is 2.01. The summed E-state index contributed by atoms with van der Waals surface area (Å²) >= 11 is 0. The van der Waals surface area contributed by atoms with Gasteiger partial charge in [0.25, 0.3) is 0 Å². The molecule has 27 heavy (non-hydrogen) atoms. The summed E-state index contributed by atoms with van der Waals surface area (Å²) in [7, 11) is 0. The molecule has 2 heteroatoms. The first-order chi connectivity index (χ1) is 13.0. The van der Waals surface area contributed by atoms with Gasteiger partial charge in [-0.1, -0.05) is 76.2 Å². The molecule has 0 aliphatic rings. The number of hydrogen-bond acceptors (Lipinski definition) is 2. The molecule has 138 valence electrons. The molecule has 0 saturated heterocycles. The van der Waals surface area contributed by atoms with Crippen LogP contribution in [0.4, 0.5) is 5.69 Å². The zero-order chi connectivity index (χ0) is 19.4. The molecule has 0 amide bonds. The Labute approximate surface area is 163 Å². The maximum atomic E-state index is 4.89. The van der Waals surface area contributed by atoms with Crippen molar-refractivity contribution in [1.29, 1.82) is 0 Å². The maximum Gasteiger partial charge on any atom is 0.0820 e. The summed E-state index contributed by atoms with van der Waals surface area (Å²) in [5.74, 6) is 0.865. The number of aromatic nitrogens is 1. The molecule has 0 aliphatic carbocycles. The van der Waals surface area contributed by atoms with Gasteiger partial charge in [-0.15, -0.1) is 0 Å². The molecule has 0 fully saturated rings. The Morgan fingerprint density at radius 2 is 1.41 bits per heavy atom. The van der Waals surface area contributed by atoms with Gasteiger partial charge in [0.15, 0.2) is 0 Å². The highest BCUT2D eigenvalue weighted by Crippen LogP contribution is 2.34. The Morgan fingerprint density at radius 1 is 0.778 bits per heavy atom. The van der Waals surface area contributed by atoms with Crippen molar-refractivity contribution in [2.24, 2.45) is 4.99 Å². The summed E-state index contributed by atoms with van der Waals surface area (Å²) in [6, 6.07) is 21.0. The number of aryl methyl sites for hydroxylation is 1. The number of para-hydroxylation sites is 1. The van der Waals surface area contributed by atoms with Crippen LogP contribution in [0.25, 0.3) is 11.3 Å². The number of hydrogen-bond donors (Lipinski definition) is 0. The molecule has 3 rings (SSSR count). The lowest BCUT2D eigenvalue weighted by Crippen LogP contribution is -1.96. The zero-order valence-electron chi connectivity index (χ0n) is 16.9. The van der Waals surface area contributed by atoms with Gasteiger partial charge in [0.1, 0.15) is 0 Å². The van der Waals surface area contributed by atoms with Crippen LogP contribution in [0, 0.1) is 6.92 Å². The van der Waals surface area contributed by atoms with E-state index in [2.05, 4.69) is 83.1 Å². The van der Waals surface area contributed by atoms with Crippen molar-refractivity contribution in [3.8, 4) is 11.3 Å². The van der Waals surface area contributed by atoms with Gasteiger partial charge in [0.05, 0.1) is 23.3 Å². The highest BCUT2D eigenvalue weighted by Gasteiger charge is 2.12. The minimum Gasteiger partial charge on any atom is -0.254 e. The van der Waals surface area contributed by atoms with E-state index in [1.54, 1.807) is 0 Å². The van der Waals surface area contributed by atoms with Gasteiger partial charge in [0, 0.05) is 5.56 Å². The third-order valence-electron chi connectivity index (χ3n) is 4.86. The van der Waals surface area contributed by atoms with Crippen molar-refractivity contribution in [1.82, 2.24) is 4.98 Å². The molecule has 0 N–H and O–H groups in total. The van der Waals surface area contributed by atoms with E-state index in [0.717, 1.165) is 17.1 Å². The summed E-state index contributed by atoms with van der Waals surface area (Å²) < 4.78 is 0. The van der Waals surface area contributed by atoms with Crippen LogP contribution >= 0.6 is 0 Å². The predicted octanol–water partition coefficient (Wildman–Crippen LogP) is 7.05. The summed E-state index contributed by atoms with van der Waals surface area (Å²) in [5, 5.41) is 0. The number of benzene rings is 2. The fourth-order valence-electron chi connectivity index (χ4n) is 3.33. The van der Waals surface area contributed by atoms with E-state index in [-0.39, 0.29) is 0 Å². The summed E-state index contributed by atoms with van der Waals surface area (Å²) in [6.45, 7) is 11.0. The summed E-state index contributed by atoms with van der Waals surface area (Å²) in [6.07, 6.45) is 1.90. The van der Waals surface area contributed by atoms with E-state index in [9.17, 15) is 0 Å². The number of nitrogens with zero attached hydrogens (tertiary/aromatic N) is 2. The molecule has 0 saturated carbocycles. The van der Waals surface area contributed by atoms with E-state index >= 15 is 0 Å². The number of rotatable bonds is 5. The summed E-state index contributed by atoms with van der Waals surface area (Å²) in [5.41, 5.74) is 7.91. The van der Waals surface area contributed by atoms with Gasteiger partial charge in [-0.2, -0.15) is 0 Å². The van der Waals surface area contributed by atoms with Gasteiger partial charge in [-0.05, 0) is 47.6 Å². The molecule has 1 heterocycles. The van der Waals surface area contributed by atoms with Crippen molar-refractivity contribution < 1.29 is 0 Å². The van der Waals surface area contributed by atoms with Crippen molar-refractivity contribution in [3.63, 3.8) is 0 Å². The second kappa shape index (κ2) is 8.30. The third kappa shape index (κ3) is 4.33. The molecule has 0 spiro atoms. The molecule has 1 aromatic heterocycles. The van der Waals surface area contributed by atoms with Gasteiger partial charge < -0.3 is 0 Å². The van der Waals surface area contributed by atoms with Crippen molar-refractivity contribution >= 4 is 11.9 Å². The SMILES string of the molecule is Cc1ccccc1-c1cccc(/C=N/c2c(C(C)C)cccc2C(C)C)n1. The topological polar surface area (TPSA) is 25.2 Å². The first kappa shape index (κ1) is 19.0. The smallest absolute Gasteiger partial charge is 0.0820 e. The number of pyridine rings is 1. The van der Waals surface area contributed by atoms with Crippen molar-refractivity contribution in [2.75, 3.05) is 0 Å². The standard InChI is InChI=1S/C25H28N2/c1-17(2)21-13-9-14-22(18(3)4)25(21)26-16-20-11-8-15-24(27-20)23-12-7-6-10-19(23)5/h6-18H,1-5H3/b26-16+. The highest BCUT2D eigenvalue weighted by atomic mass is 14.8. The largest absolute Gasteiger partial charge is 0.254 e. The third-order valence-corrected chi connectivity index (χ3v) is 4.86. The Kier molecular flexibility index (Phi) is 5.85. The lowest BCUT2D eigenvalue weighted by Gasteiger charge is -2.16. The lowest BCUT2D eigenvalue weighted by molar-refractivity contribution is 0.835. The molecule has 0 unspecified atom stereocenters. The van der Waals surface area contributed by atoms with Crippen LogP contribution in [-0.2, 0) is 0 Å². The molecule has 2 nitrogen and oxygen atoms in total. The Morgan fingerprint density at radius 3 is 2.04 bits per heavy atom. The van der Waals surface area contributed by atoms with Gasteiger partial charge >= 0.3 is 0 Å². The van der Waals surface area contributed by atoms with Crippen molar-refractivity contribution in [2.45, 2.75) is 46.5 Å². The molecule has 0 aliphatic heterocycles. The molecule has 0 radical (unpaired) electrons. The monoisotopic (exact) mass is 356 g/mol. The predicted molar refractivity (Wildman–Crippen MR) is 116 cm³/mol. The van der Waals surface area contributed by atoms with Crippen molar-refractivity contribution in [3.05, 3.63) is 83.0 Å². The maximum absolute atomic E-state index is 4.89. The number of aliphatic imine (C=N–C) groups is 1. The van der Waals surface area contributed by atoms with E-state index in [4.69, 9.17) is 9.98 Å². The normalized spacial score (nSPS) is 11.7. The van der Waals surface area contributed by atoms with Crippen LogP contribution in [0.2, 0.25) is 0 Å². The molecule has 2 aromatic carbocycles. The molecular weight excluding hydrogens is 328 g/mol. The van der Waals surface area contributed by atoms with E-state index in [1.165, 1.54) is 22.3 Å². The van der Waals surface area contributed by atoms with Crippen LogP contribution in [0.1, 0.15) is 61.9 Å². The zero-order valence-corrected chi connectivity index (χ0v) is 16.9. The minimum absolute atomic E-state index is 0.433. The average molecular weight is 357 g/mol. The van der Waals surface area contributed by atoms with E-state index in [1.807, 2.05) is 18.3 Å². The minimum atomic E-state index is 0.433. The lowest BCUT2D eigenvalue weighted by atomic mass is 9.93. The summed E-state index contributed by atoms with van der Waals surface area (Å²) in [4.78, 5) is 9.71. The first-order valence-electron chi connectivity index (χ1n) is 9.67. The van der Waals surface area contributed by atoms with Gasteiger partial charge in [0.2, 0.25) is 0 Å². The van der Waals surface area contributed by atoms with Crippen LogP contribution < -0.4 is 0 Å². The second-order valence-corrected chi connectivity index (χ2v) is 7.62. The first-order valence-corrected chi connectivity index (χ1v) is 9.67. The fraction of sp³-hybridized carbons (Fsp3) is 0.280. The quantitative estimate of drug-likeness (QED) is 0.449. The van der Waals surface area contributed by atoms with Gasteiger partial charge in [-0.25, -0.2) is 4.98 Å².